The molecule has 0 spiro atoms. The number of halogens is 2. The molecular weight excluding hydrogens is 433 g/mol. The number of hydrogen-bond donors (Lipinski definition) is 2. The number of hydrazone groups is 1. The van der Waals surface area contributed by atoms with Gasteiger partial charge in [0.1, 0.15) is 11.5 Å². The summed E-state index contributed by atoms with van der Waals surface area (Å²) in [6, 6.07) is 12.4. The van der Waals surface area contributed by atoms with Gasteiger partial charge in [-0.3, -0.25) is 9.80 Å². The molecule has 2 aliphatic rings. The Morgan fingerprint density at radius 3 is 2.42 bits per heavy atom. The van der Waals surface area contributed by atoms with Gasteiger partial charge in [-0.15, -0.1) is 0 Å². The molecule has 1 atom stereocenters. The first-order valence-corrected chi connectivity index (χ1v) is 11.5. The van der Waals surface area contributed by atoms with Crippen LogP contribution >= 0.6 is 23.2 Å². The van der Waals surface area contributed by atoms with Crippen LogP contribution in [-0.2, 0) is 10.2 Å². The Balaban J connectivity index is 1.68. The van der Waals surface area contributed by atoms with E-state index in [2.05, 4.69) is 5.32 Å². The first kappa shape index (κ1) is 22.0. The van der Waals surface area contributed by atoms with Gasteiger partial charge in [-0.25, -0.2) is 0 Å². The zero-order chi connectivity index (χ0) is 22.0. The van der Waals surface area contributed by atoms with E-state index < -0.39 is 5.41 Å². The van der Waals surface area contributed by atoms with Crippen LogP contribution in [0.3, 0.4) is 0 Å². The van der Waals surface area contributed by atoms with Gasteiger partial charge in [0.25, 0.3) is 5.91 Å². The number of rotatable bonds is 4. The maximum atomic E-state index is 13.4. The van der Waals surface area contributed by atoms with E-state index in [1.807, 2.05) is 25.1 Å². The van der Waals surface area contributed by atoms with Crippen LogP contribution in [0.5, 0.6) is 5.75 Å². The van der Waals surface area contributed by atoms with E-state index in [1.54, 1.807) is 29.3 Å². The quantitative estimate of drug-likeness (QED) is 0.578. The van der Waals surface area contributed by atoms with Crippen molar-refractivity contribution in [2.45, 2.75) is 56.9 Å². The Bertz CT molecular complexity index is 985. The first-order valence-electron chi connectivity index (χ1n) is 10.8. The molecule has 4 rings (SSSR count). The predicted molar refractivity (Wildman–Crippen MR) is 126 cm³/mol. The van der Waals surface area contributed by atoms with Crippen LogP contribution in [0.25, 0.3) is 0 Å². The molecular formula is C24H27Cl2N3O2. The van der Waals surface area contributed by atoms with Crippen molar-refractivity contribution in [2.75, 3.05) is 11.6 Å². The van der Waals surface area contributed by atoms with Gasteiger partial charge in [-0.1, -0.05) is 61.0 Å². The van der Waals surface area contributed by atoms with Crippen molar-refractivity contribution in [3.05, 3.63) is 58.1 Å². The maximum Gasteiger partial charge on any atom is 0.268 e. The third-order valence-corrected chi connectivity index (χ3v) is 6.84. The van der Waals surface area contributed by atoms with Crippen molar-refractivity contribution in [3.8, 4) is 5.75 Å². The monoisotopic (exact) mass is 459 g/mol. The summed E-state index contributed by atoms with van der Waals surface area (Å²) >= 11 is 12.5. The highest BCUT2D eigenvalue weighted by Crippen LogP contribution is 2.38. The Morgan fingerprint density at radius 1 is 1.10 bits per heavy atom. The van der Waals surface area contributed by atoms with Gasteiger partial charge in [0.2, 0.25) is 0 Å². The molecule has 5 nitrogen and oxygen atoms in total. The number of carbonyl (C=O) groups excluding carboxylic acids is 1. The van der Waals surface area contributed by atoms with Crippen molar-refractivity contribution >= 4 is 40.5 Å². The summed E-state index contributed by atoms with van der Waals surface area (Å²) < 4.78 is 0. The smallest absolute Gasteiger partial charge is 0.268 e. The fraction of sp³-hybridized carbons (Fsp3) is 0.417. The number of phenolic OH excluding ortho intramolecular Hbond substituents is 1. The van der Waals surface area contributed by atoms with E-state index in [0.29, 0.717) is 28.0 Å². The summed E-state index contributed by atoms with van der Waals surface area (Å²) in [5, 5.41) is 20.5. The Hall–Kier alpha value is -2.24. The largest absolute Gasteiger partial charge is 0.508 e. The van der Waals surface area contributed by atoms with Gasteiger partial charge in [0, 0.05) is 11.1 Å². The average molecular weight is 460 g/mol. The predicted octanol–water partition coefficient (Wildman–Crippen LogP) is 5.67. The summed E-state index contributed by atoms with van der Waals surface area (Å²) in [7, 11) is 0. The molecule has 2 aromatic rings. The molecule has 7 heteroatoms. The van der Waals surface area contributed by atoms with Crippen LogP contribution in [0.4, 0.5) is 5.69 Å². The van der Waals surface area contributed by atoms with Crippen molar-refractivity contribution in [1.82, 2.24) is 5.32 Å². The van der Waals surface area contributed by atoms with Gasteiger partial charge in [-0.05, 0) is 55.7 Å². The zero-order valence-electron chi connectivity index (χ0n) is 17.6. The molecule has 2 N–H and O–H groups in total. The number of nitrogens with zero attached hydrogens (tertiary/aromatic N) is 2. The van der Waals surface area contributed by atoms with Gasteiger partial charge in [0.05, 0.1) is 22.7 Å². The molecule has 1 aliphatic heterocycles. The van der Waals surface area contributed by atoms with E-state index in [-0.39, 0.29) is 17.7 Å². The lowest BCUT2D eigenvalue weighted by Crippen LogP contribution is -2.47. The van der Waals surface area contributed by atoms with Crippen molar-refractivity contribution in [2.24, 2.45) is 5.10 Å². The lowest BCUT2D eigenvalue weighted by molar-refractivity contribution is -0.115. The van der Waals surface area contributed by atoms with E-state index in [0.717, 1.165) is 31.2 Å². The summed E-state index contributed by atoms with van der Waals surface area (Å²) in [6.07, 6.45) is 6.73. The summed E-state index contributed by atoms with van der Waals surface area (Å²) in [6.45, 7) is 2.46. The van der Waals surface area contributed by atoms with Crippen LogP contribution in [0.2, 0.25) is 10.0 Å². The molecule has 0 bridgehead atoms. The molecule has 1 saturated carbocycles. The number of amides is 1. The topological polar surface area (TPSA) is 64.9 Å². The fourth-order valence-corrected chi connectivity index (χ4v) is 5.01. The number of phenols is 1. The molecule has 1 aliphatic carbocycles. The Kier molecular flexibility index (Phi) is 6.44. The minimum Gasteiger partial charge on any atom is -0.508 e. The van der Waals surface area contributed by atoms with Crippen LogP contribution in [0, 0.1) is 0 Å². The third kappa shape index (κ3) is 4.68. The van der Waals surface area contributed by atoms with Crippen LogP contribution < -0.4 is 10.3 Å². The van der Waals surface area contributed by atoms with Crippen molar-refractivity contribution < 1.29 is 9.90 Å². The number of benzene rings is 2. The lowest BCUT2D eigenvalue weighted by atomic mass is 9.78. The number of carbonyl (C=O) groups is 1. The second kappa shape index (κ2) is 9.09. The standard InChI is InChI=1S/C24H27Cl2N3O2/c1-24(16-8-11-19(30)12-9-16)15-29(21-13-10-17(25)14-20(21)26)28-22(24)23(31)27-18-6-4-2-3-5-7-18/h8-14,18,30H,2-7,15H2,1H3,(H,27,31). The third-order valence-electron chi connectivity index (χ3n) is 6.31. The van der Waals surface area contributed by atoms with Gasteiger partial charge < -0.3 is 10.4 Å². The Labute approximate surface area is 193 Å². The molecule has 0 aromatic heterocycles. The summed E-state index contributed by atoms with van der Waals surface area (Å²) in [5.74, 6) is 0.0411. The SMILES string of the molecule is CC1(c2ccc(O)cc2)CN(c2ccc(Cl)cc2Cl)N=C1C(=O)NC1CCCCCC1. The normalized spacial score (nSPS) is 22.2. The second-order valence-corrected chi connectivity index (χ2v) is 9.49. The van der Waals surface area contributed by atoms with Gasteiger partial charge in [0.15, 0.2) is 0 Å². The van der Waals surface area contributed by atoms with Crippen molar-refractivity contribution in [3.63, 3.8) is 0 Å². The number of hydrogen-bond acceptors (Lipinski definition) is 4. The molecule has 1 unspecified atom stereocenters. The molecule has 164 valence electrons. The maximum absolute atomic E-state index is 13.4. The molecule has 0 radical (unpaired) electrons. The highest BCUT2D eigenvalue weighted by atomic mass is 35.5. The number of anilines is 1. The van der Waals surface area contributed by atoms with E-state index in [1.165, 1.54) is 12.8 Å². The minimum absolute atomic E-state index is 0.143. The van der Waals surface area contributed by atoms with Crippen molar-refractivity contribution in [1.29, 1.82) is 0 Å². The molecule has 1 amide bonds. The second-order valence-electron chi connectivity index (χ2n) is 8.64. The van der Waals surface area contributed by atoms with E-state index >= 15 is 0 Å². The zero-order valence-corrected chi connectivity index (χ0v) is 19.1. The highest BCUT2D eigenvalue weighted by molar-refractivity contribution is 6.43. The van der Waals surface area contributed by atoms with Gasteiger partial charge >= 0.3 is 0 Å². The van der Waals surface area contributed by atoms with Gasteiger partial charge in [-0.2, -0.15) is 5.10 Å². The fourth-order valence-electron chi connectivity index (χ4n) is 4.50. The van der Waals surface area contributed by atoms with Crippen LogP contribution in [0.1, 0.15) is 51.0 Å². The summed E-state index contributed by atoms with van der Waals surface area (Å²) in [4.78, 5) is 13.4. The summed E-state index contributed by atoms with van der Waals surface area (Å²) in [5.41, 5.74) is 1.40. The molecule has 2 aromatic carbocycles. The van der Waals surface area contributed by atoms with Crippen LogP contribution in [-0.4, -0.2) is 29.3 Å². The first-order chi connectivity index (χ1) is 14.9. The molecule has 1 fully saturated rings. The Morgan fingerprint density at radius 2 is 1.77 bits per heavy atom. The highest BCUT2D eigenvalue weighted by Gasteiger charge is 2.45. The minimum atomic E-state index is -0.661. The lowest BCUT2D eigenvalue weighted by Gasteiger charge is -2.28. The number of aromatic hydroxyl groups is 1. The molecule has 1 heterocycles. The molecule has 0 saturated heterocycles. The van der Waals surface area contributed by atoms with Crippen LogP contribution in [0.15, 0.2) is 47.6 Å². The van der Waals surface area contributed by atoms with E-state index in [4.69, 9.17) is 28.3 Å². The molecule has 31 heavy (non-hydrogen) atoms. The number of nitrogens with one attached hydrogen (secondary N) is 1. The van der Waals surface area contributed by atoms with E-state index in [9.17, 15) is 9.90 Å². The average Bonchev–Trinajstić information content (AvgIpc) is 2.90.